The van der Waals surface area contributed by atoms with E-state index in [1.807, 2.05) is 12.2 Å². The highest BCUT2D eigenvalue weighted by Crippen LogP contribution is 2.19. The van der Waals surface area contributed by atoms with Crippen molar-refractivity contribution in [3.63, 3.8) is 0 Å². The molecular weight excluding hydrogens is 178 g/mol. The molecule has 1 rings (SSSR count). The molecule has 0 spiro atoms. The fourth-order valence-corrected chi connectivity index (χ4v) is 1.67. The first-order valence-electron chi connectivity index (χ1n) is 4.86. The minimum absolute atomic E-state index is 0.0120. The van der Waals surface area contributed by atoms with Crippen LogP contribution >= 0.6 is 0 Å². The molecule has 2 unspecified atom stereocenters. The summed E-state index contributed by atoms with van der Waals surface area (Å²) in [4.78, 5) is 11.2. The van der Waals surface area contributed by atoms with E-state index in [0.717, 1.165) is 11.5 Å². The number of ketones is 1. The molecule has 14 heavy (non-hydrogen) atoms. The highest BCUT2D eigenvalue weighted by molar-refractivity contribution is 5.81. The van der Waals surface area contributed by atoms with Crippen LogP contribution in [-0.4, -0.2) is 29.1 Å². The Morgan fingerprint density at radius 3 is 2.79 bits per heavy atom. The number of rotatable bonds is 4. The van der Waals surface area contributed by atoms with Crippen molar-refractivity contribution in [3.05, 3.63) is 24.3 Å². The van der Waals surface area contributed by atoms with Crippen LogP contribution < -0.4 is 0 Å². The minimum Gasteiger partial charge on any atom is -0.314 e. The molecule has 2 atom stereocenters. The van der Waals surface area contributed by atoms with Crippen molar-refractivity contribution in [3.8, 4) is 0 Å². The van der Waals surface area contributed by atoms with Gasteiger partial charge >= 0.3 is 0 Å². The molecule has 1 aliphatic carbocycles. The summed E-state index contributed by atoms with van der Waals surface area (Å²) in [6, 6.07) is -0.379. The molecule has 0 bridgehead atoms. The zero-order valence-electron chi connectivity index (χ0n) is 8.68. The van der Waals surface area contributed by atoms with Gasteiger partial charge in [-0.25, -0.2) is 0 Å². The average molecular weight is 195 g/mol. The van der Waals surface area contributed by atoms with Gasteiger partial charge in [0.05, 0.1) is 6.04 Å². The summed E-state index contributed by atoms with van der Waals surface area (Å²) in [6.45, 7) is 1.51. The summed E-state index contributed by atoms with van der Waals surface area (Å²) >= 11 is 0. The van der Waals surface area contributed by atoms with Crippen LogP contribution in [0.25, 0.3) is 0 Å². The number of hydrogen-bond donors (Lipinski definition) is 1. The summed E-state index contributed by atoms with van der Waals surface area (Å²) < 4.78 is 0. The second kappa shape index (κ2) is 5.08. The SMILES string of the molecule is CC(=O)C(CC1C=CC=CC1)N(C)O. The van der Waals surface area contributed by atoms with Crippen molar-refractivity contribution in [1.82, 2.24) is 5.06 Å². The van der Waals surface area contributed by atoms with Gasteiger partial charge in [-0.05, 0) is 25.7 Å². The van der Waals surface area contributed by atoms with E-state index in [2.05, 4.69) is 12.2 Å². The molecule has 0 aliphatic heterocycles. The molecule has 1 N–H and O–H groups in total. The lowest BCUT2D eigenvalue weighted by Crippen LogP contribution is -2.36. The zero-order valence-corrected chi connectivity index (χ0v) is 8.68. The topological polar surface area (TPSA) is 40.5 Å². The Morgan fingerprint density at radius 1 is 1.64 bits per heavy atom. The zero-order chi connectivity index (χ0) is 10.6. The molecule has 3 nitrogen and oxygen atoms in total. The number of nitrogens with zero attached hydrogens (tertiary/aromatic N) is 1. The normalized spacial score (nSPS) is 22.7. The Morgan fingerprint density at radius 2 is 2.36 bits per heavy atom. The average Bonchev–Trinajstić information content (AvgIpc) is 2.15. The highest BCUT2D eigenvalue weighted by atomic mass is 16.5. The van der Waals surface area contributed by atoms with E-state index in [4.69, 9.17) is 0 Å². The number of likely N-dealkylation sites (N-methyl/N-ethyl adjacent to an activating group) is 1. The second-order valence-corrected chi connectivity index (χ2v) is 3.74. The predicted molar refractivity (Wildman–Crippen MR) is 55.0 cm³/mol. The maximum absolute atomic E-state index is 11.2. The lowest BCUT2D eigenvalue weighted by atomic mass is 9.92. The number of carbonyl (C=O) groups excluding carboxylic acids is 1. The Hall–Kier alpha value is -0.930. The molecule has 0 saturated heterocycles. The molecule has 78 valence electrons. The third-order valence-electron chi connectivity index (χ3n) is 2.52. The van der Waals surface area contributed by atoms with Gasteiger partial charge in [-0.2, -0.15) is 5.06 Å². The van der Waals surface area contributed by atoms with Gasteiger partial charge in [-0.15, -0.1) is 0 Å². The van der Waals surface area contributed by atoms with Crippen LogP contribution in [0.5, 0.6) is 0 Å². The smallest absolute Gasteiger partial charge is 0.149 e. The van der Waals surface area contributed by atoms with Gasteiger partial charge in [0.15, 0.2) is 0 Å². The Kier molecular flexibility index (Phi) is 4.04. The van der Waals surface area contributed by atoms with Gasteiger partial charge in [0.1, 0.15) is 5.78 Å². The molecule has 0 radical (unpaired) electrons. The van der Waals surface area contributed by atoms with E-state index in [0.29, 0.717) is 12.3 Å². The first kappa shape index (κ1) is 11.1. The quantitative estimate of drug-likeness (QED) is 0.695. The van der Waals surface area contributed by atoms with Crippen molar-refractivity contribution in [2.45, 2.75) is 25.8 Å². The van der Waals surface area contributed by atoms with Crippen LogP contribution in [0.15, 0.2) is 24.3 Å². The molecule has 0 heterocycles. The fraction of sp³-hybridized carbons (Fsp3) is 0.545. The van der Waals surface area contributed by atoms with Gasteiger partial charge in [0.2, 0.25) is 0 Å². The van der Waals surface area contributed by atoms with Crippen molar-refractivity contribution >= 4 is 5.78 Å². The van der Waals surface area contributed by atoms with E-state index in [1.54, 1.807) is 0 Å². The maximum Gasteiger partial charge on any atom is 0.149 e. The molecule has 0 fully saturated rings. The van der Waals surface area contributed by atoms with Crippen LogP contribution in [0.2, 0.25) is 0 Å². The third kappa shape index (κ3) is 3.09. The van der Waals surface area contributed by atoms with E-state index >= 15 is 0 Å². The molecule has 0 amide bonds. The van der Waals surface area contributed by atoms with Crippen molar-refractivity contribution < 1.29 is 10.0 Å². The summed E-state index contributed by atoms with van der Waals surface area (Å²) in [6.07, 6.45) is 9.79. The summed E-state index contributed by atoms with van der Waals surface area (Å²) in [7, 11) is 1.52. The summed E-state index contributed by atoms with van der Waals surface area (Å²) in [5.41, 5.74) is 0. The number of hydrogen-bond acceptors (Lipinski definition) is 3. The van der Waals surface area contributed by atoms with Crippen LogP contribution in [-0.2, 0) is 4.79 Å². The van der Waals surface area contributed by atoms with E-state index in [9.17, 15) is 10.0 Å². The molecular formula is C11H17NO2. The van der Waals surface area contributed by atoms with Crippen LogP contribution in [0.1, 0.15) is 19.8 Å². The van der Waals surface area contributed by atoms with Gasteiger partial charge in [0, 0.05) is 7.05 Å². The van der Waals surface area contributed by atoms with E-state index < -0.39 is 0 Å². The molecule has 1 aliphatic rings. The number of carbonyl (C=O) groups is 1. The Balaban J connectivity index is 2.51. The maximum atomic E-state index is 11.2. The third-order valence-corrected chi connectivity index (χ3v) is 2.52. The lowest BCUT2D eigenvalue weighted by molar-refractivity contribution is -0.144. The Labute approximate surface area is 84.7 Å². The van der Waals surface area contributed by atoms with Crippen LogP contribution in [0.4, 0.5) is 0 Å². The predicted octanol–water partition coefficient (Wildman–Crippen LogP) is 1.79. The molecule has 3 heteroatoms. The molecule has 0 aromatic carbocycles. The van der Waals surface area contributed by atoms with Gasteiger partial charge < -0.3 is 5.21 Å². The Bertz CT molecular complexity index is 256. The summed E-state index contributed by atoms with van der Waals surface area (Å²) in [5, 5.41) is 10.3. The largest absolute Gasteiger partial charge is 0.314 e. The fourth-order valence-electron chi connectivity index (χ4n) is 1.67. The van der Waals surface area contributed by atoms with Crippen molar-refractivity contribution in [2.75, 3.05) is 7.05 Å². The van der Waals surface area contributed by atoms with Crippen LogP contribution in [0, 0.1) is 5.92 Å². The van der Waals surface area contributed by atoms with Crippen LogP contribution in [0.3, 0.4) is 0 Å². The molecule has 0 aromatic rings. The molecule has 0 aromatic heterocycles. The van der Waals surface area contributed by atoms with Crippen molar-refractivity contribution in [1.29, 1.82) is 0 Å². The van der Waals surface area contributed by atoms with E-state index in [-0.39, 0.29) is 11.8 Å². The van der Waals surface area contributed by atoms with Gasteiger partial charge in [-0.3, -0.25) is 4.79 Å². The first-order valence-corrected chi connectivity index (χ1v) is 4.86. The van der Waals surface area contributed by atoms with Gasteiger partial charge in [-0.1, -0.05) is 24.3 Å². The van der Waals surface area contributed by atoms with Gasteiger partial charge in [0.25, 0.3) is 0 Å². The summed E-state index contributed by atoms with van der Waals surface area (Å²) in [5.74, 6) is 0.376. The molecule has 0 saturated carbocycles. The standard InChI is InChI=1S/C11H17NO2/c1-9(13)11(12(2)14)8-10-6-4-3-5-7-10/h3-6,10-11,14H,7-8H2,1-2H3. The number of allylic oxidation sites excluding steroid dienone is 4. The minimum atomic E-state index is -0.379. The number of Topliss-reactive ketones (excluding diaryl/α,β-unsaturated/α-hetero) is 1. The van der Waals surface area contributed by atoms with E-state index in [1.165, 1.54) is 14.0 Å². The number of hydroxylamine groups is 2. The lowest BCUT2D eigenvalue weighted by Gasteiger charge is -2.23. The monoisotopic (exact) mass is 195 g/mol. The first-order chi connectivity index (χ1) is 6.61. The second-order valence-electron chi connectivity index (χ2n) is 3.74. The van der Waals surface area contributed by atoms with Crippen molar-refractivity contribution in [2.24, 2.45) is 5.92 Å². The highest BCUT2D eigenvalue weighted by Gasteiger charge is 2.21.